The predicted octanol–water partition coefficient (Wildman–Crippen LogP) is 4.77. The van der Waals surface area contributed by atoms with Gasteiger partial charge in [-0.2, -0.15) is 0 Å². The van der Waals surface area contributed by atoms with Gasteiger partial charge < -0.3 is 10.1 Å². The Balaban J connectivity index is 1.37. The van der Waals surface area contributed by atoms with Gasteiger partial charge in [0, 0.05) is 12.2 Å². The van der Waals surface area contributed by atoms with Crippen LogP contribution in [0.1, 0.15) is 17.5 Å². The molecule has 0 saturated carbocycles. The number of nitrogens with zero attached hydrogens (tertiary/aromatic N) is 1. The van der Waals surface area contributed by atoms with E-state index in [-0.39, 0.29) is 5.91 Å². The van der Waals surface area contributed by atoms with Gasteiger partial charge in [0.2, 0.25) is 5.91 Å². The summed E-state index contributed by atoms with van der Waals surface area (Å²) in [5, 5.41) is 2.94. The van der Waals surface area contributed by atoms with Gasteiger partial charge in [-0.15, -0.1) is 0 Å². The lowest BCUT2D eigenvalue weighted by atomic mass is 10.1. The molecule has 0 aliphatic rings. The van der Waals surface area contributed by atoms with Crippen molar-refractivity contribution in [3.05, 3.63) is 96.1 Å². The summed E-state index contributed by atoms with van der Waals surface area (Å²) in [6.45, 7) is 1.75. The lowest BCUT2D eigenvalue weighted by Crippen LogP contribution is -2.29. The number of hydrogen-bond donors (Lipinski definition) is 1. The van der Waals surface area contributed by atoms with Crippen LogP contribution in [-0.2, 0) is 17.8 Å². The number of nitrogens with one attached hydrogen (secondary N) is 1. The molecule has 4 nitrogen and oxygen atoms in total. The van der Waals surface area contributed by atoms with Gasteiger partial charge in [-0.05, 0) is 55.3 Å². The SMILES string of the molecule is CN(CC(=O)Nc1ccc(OCCCc2ccccc2)cc1)Cc1ccccc1. The molecular formula is C25H28N2O2. The Morgan fingerprint density at radius 2 is 1.48 bits per heavy atom. The van der Waals surface area contributed by atoms with Crippen LogP contribution in [0.4, 0.5) is 5.69 Å². The molecule has 0 aliphatic carbocycles. The Kier molecular flexibility index (Phi) is 7.84. The number of amides is 1. The molecule has 0 fully saturated rings. The number of hydrogen-bond acceptors (Lipinski definition) is 3. The molecule has 1 N–H and O–H groups in total. The molecule has 150 valence electrons. The standard InChI is InChI=1S/C25H28N2O2/c1-27(19-22-11-6-3-7-12-22)20-25(28)26-23-14-16-24(17-15-23)29-18-8-13-21-9-4-2-5-10-21/h2-7,9-12,14-17H,8,13,18-20H2,1H3,(H,26,28). The fraction of sp³-hybridized carbons (Fsp3) is 0.240. The zero-order valence-corrected chi connectivity index (χ0v) is 16.9. The molecule has 0 aromatic heterocycles. The maximum absolute atomic E-state index is 12.3. The van der Waals surface area contributed by atoms with Crippen molar-refractivity contribution < 1.29 is 9.53 Å². The monoisotopic (exact) mass is 388 g/mol. The van der Waals surface area contributed by atoms with Gasteiger partial charge >= 0.3 is 0 Å². The quantitative estimate of drug-likeness (QED) is 0.509. The lowest BCUT2D eigenvalue weighted by molar-refractivity contribution is -0.117. The van der Waals surface area contributed by atoms with Gasteiger partial charge in [0.05, 0.1) is 13.2 Å². The number of carbonyl (C=O) groups is 1. The highest BCUT2D eigenvalue weighted by atomic mass is 16.5. The van der Waals surface area contributed by atoms with Crippen LogP contribution >= 0.6 is 0 Å². The minimum atomic E-state index is -0.0278. The van der Waals surface area contributed by atoms with Crippen molar-refractivity contribution in [2.24, 2.45) is 0 Å². The second-order valence-corrected chi connectivity index (χ2v) is 7.17. The molecule has 0 bridgehead atoms. The van der Waals surface area contributed by atoms with Crippen LogP contribution < -0.4 is 10.1 Å². The van der Waals surface area contributed by atoms with E-state index in [0.717, 1.165) is 30.8 Å². The largest absolute Gasteiger partial charge is 0.494 e. The van der Waals surface area contributed by atoms with E-state index >= 15 is 0 Å². The molecule has 0 spiro atoms. The van der Waals surface area contributed by atoms with Crippen molar-refractivity contribution >= 4 is 11.6 Å². The smallest absolute Gasteiger partial charge is 0.238 e. The zero-order chi connectivity index (χ0) is 20.3. The Labute approximate surface area is 173 Å². The van der Waals surface area contributed by atoms with E-state index in [1.807, 2.05) is 60.5 Å². The summed E-state index contributed by atoms with van der Waals surface area (Å²) in [5.74, 6) is 0.789. The van der Waals surface area contributed by atoms with Crippen LogP contribution in [0.3, 0.4) is 0 Å². The first kappa shape index (κ1) is 20.6. The first-order chi connectivity index (χ1) is 14.2. The summed E-state index contributed by atoms with van der Waals surface area (Å²) in [5.41, 5.74) is 3.29. The third-order valence-electron chi connectivity index (χ3n) is 4.57. The van der Waals surface area contributed by atoms with Gasteiger partial charge in [0.15, 0.2) is 0 Å². The molecule has 3 aromatic rings. The van der Waals surface area contributed by atoms with Crippen molar-refractivity contribution in [2.75, 3.05) is 25.5 Å². The third-order valence-corrected chi connectivity index (χ3v) is 4.57. The van der Waals surface area contributed by atoms with Crippen LogP contribution in [0.25, 0.3) is 0 Å². The summed E-state index contributed by atoms with van der Waals surface area (Å²) in [7, 11) is 1.94. The number of rotatable bonds is 10. The molecule has 29 heavy (non-hydrogen) atoms. The first-order valence-corrected chi connectivity index (χ1v) is 9.98. The van der Waals surface area contributed by atoms with Gasteiger partial charge in [0.1, 0.15) is 5.75 Å². The van der Waals surface area contributed by atoms with E-state index in [9.17, 15) is 4.79 Å². The van der Waals surface area contributed by atoms with Gasteiger partial charge in [0.25, 0.3) is 0 Å². The Hall–Kier alpha value is -3.11. The minimum Gasteiger partial charge on any atom is -0.494 e. The van der Waals surface area contributed by atoms with E-state index in [2.05, 4.69) is 41.7 Å². The fourth-order valence-corrected chi connectivity index (χ4v) is 3.14. The van der Waals surface area contributed by atoms with Crippen molar-refractivity contribution in [2.45, 2.75) is 19.4 Å². The van der Waals surface area contributed by atoms with E-state index in [1.54, 1.807) is 0 Å². The van der Waals surface area contributed by atoms with Crippen LogP contribution in [0.2, 0.25) is 0 Å². The van der Waals surface area contributed by atoms with Gasteiger partial charge in [-0.3, -0.25) is 9.69 Å². The predicted molar refractivity (Wildman–Crippen MR) is 118 cm³/mol. The van der Waals surface area contributed by atoms with E-state index < -0.39 is 0 Å². The molecule has 0 atom stereocenters. The second kappa shape index (κ2) is 11.0. The molecule has 4 heteroatoms. The number of carbonyl (C=O) groups excluding carboxylic acids is 1. The van der Waals surface area contributed by atoms with Crippen molar-refractivity contribution in [3.8, 4) is 5.75 Å². The zero-order valence-electron chi connectivity index (χ0n) is 16.9. The minimum absolute atomic E-state index is 0.0278. The summed E-state index contributed by atoms with van der Waals surface area (Å²) in [6.07, 6.45) is 1.97. The highest BCUT2D eigenvalue weighted by Gasteiger charge is 2.08. The first-order valence-electron chi connectivity index (χ1n) is 9.98. The van der Waals surface area contributed by atoms with Crippen molar-refractivity contribution in [1.29, 1.82) is 0 Å². The Bertz CT molecular complexity index is 864. The van der Waals surface area contributed by atoms with Crippen LogP contribution in [0, 0.1) is 0 Å². The highest BCUT2D eigenvalue weighted by Crippen LogP contribution is 2.16. The molecular weight excluding hydrogens is 360 g/mol. The summed E-state index contributed by atoms with van der Waals surface area (Å²) in [6, 6.07) is 28.1. The topological polar surface area (TPSA) is 41.6 Å². The van der Waals surface area contributed by atoms with Crippen molar-refractivity contribution in [1.82, 2.24) is 4.90 Å². The van der Waals surface area contributed by atoms with E-state index in [0.29, 0.717) is 13.2 Å². The molecule has 0 saturated heterocycles. The Morgan fingerprint density at radius 3 is 2.14 bits per heavy atom. The lowest BCUT2D eigenvalue weighted by Gasteiger charge is -2.16. The van der Waals surface area contributed by atoms with E-state index in [4.69, 9.17) is 4.74 Å². The molecule has 0 aliphatic heterocycles. The average Bonchev–Trinajstić information content (AvgIpc) is 2.73. The van der Waals surface area contributed by atoms with Crippen molar-refractivity contribution in [3.63, 3.8) is 0 Å². The van der Waals surface area contributed by atoms with Gasteiger partial charge in [-0.1, -0.05) is 60.7 Å². The molecule has 0 heterocycles. The van der Waals surface area contributed by atoms with Crippen LogP contribution in [0.15, 0.2) is 84.9 Å². The fourth-order valence-electron chi connectivity index (χ4n) is 3.14. The normalized spacial score (nSPS) is 10.7. The summed E-state index contributed by atoms with van der Waals surface area (Å²) < 4.78 is 5.80. The number of anilines is 1. The maximum Gasteiger partial charge on any atom is 0.238 e. The summed E-state index contributed by atoms with van der Waals surface area (Å²) >= 11 is 0. The third kappa shape index (κ3) is 7.43. The molecule has 1 amide bonds. The number of likely N-dealkylation sites (N-methyl/N-ethyl adjacent to an activating group) is 1. The van der Waals surface area contributed by atoms with Crippen LogP contribution in [-0.4, -0.2) is 31.0 Å². The molecule has 3 rings (SSSR count). The van der Waals surface area contributed by atoms with Crippen LogP contribution in [0.5, 0.6) is 5.75 Å². The number of benzene rings is 3. The number of ether oxygens (including phenoxy) is 1. The molecule has 0 radical (unpaired) electrons. The molecule has 3 aromatic carbocycles. The maximum atomic E-state index is 12.3. The Morgan fingerprint density at radius 1 is 0.862 bits per heavy atom. The number of aryl methyl sites for hydroxylation is 1. The second-order valence-electron chi connectivity index (χ2n) is 7.17. The summed E-state index contributed by atoms with van der Waals surface area (Å²) in [4.78, 5) is 14.3. The van der Waals surface area contributed by atoms with E-state index in [1.165, 1.54) is 11.1 Å². The van der Waals surface area contributed by atoms with Gasteiger partial charge in [-0.25, -0.2) is 0 Å². The molecule has 0 unspecified atom stereocenters. The average molecular weight is 389 g/mol. The highest BCUT2D eigenvalue weighted by molar-refractivity contribution is 5.92.